The maximum absolute atomic E-state index is 12.8. The van der Waals surface area contributed by atoms with Crippen LogP contribution in [0.3, 0.4) is 0 Å². The van der Waals surface area contributed by atoms with E-state index in [4.69, 9.17) is 0 Å². The van der Waals surface area contributed by atoms with Gasteiger partial charge >= 0.3 is 0 Å². The molecule has 1 aliphatic heterocycles. The largest absolute Gasteiger partial charge is 0.368 e. The topological polar surface area (TPSA) is 52.7 Å². The highest BCUT2D eigenvalue weighted by molar-refractivity contribution is 6.12. The van der Waals surface area contributed by atoms with Crippen LogP contribution in [0, 0.1) is 0 Å². The third-order valence-corrected chi connectivity index (χ3v) is 5.90. The van der Waals surface area contributed by atoms with Crippen LogP contribution in [0.25, 0.3) is 10.8 Å². The van der Waals surface area contributed by atoms with E-state index in [1.807, 2.05) is 71.6 Å². The molecule has 0 saturated carbocycles. The first-order chi connectivity index (χ1) is 15.2. The molecule has 1 saturated heterocycles. The van der Waals surface area contributed by atoms with Crippen LogP contribution < -0.4 is 10.2 Å². The van der Waals surface area contributed by atoms with Crippen LogP contribution in [-0.4, -0.2) is 42.9 Å². The smallest absolute Gasteiger partial charge is 0.256 e. The van der Waals surface area contributed by atoms with Crippen LogP contribution in [-0.2, 0) is 4.79 Å². The monoisotopic (exact) mass is 415 g/mol. The molecule has 160 valence electrons. The Labute approximate surface area is 183 Å². The summed E-state index contributed by atoms with van der Waals surface area (Å²) in [7, 11) is 0. The van der Waals surface area contributed by atoms with Gasteiger partial charge < -0.3 is 15.1 Å². The van der Waals surface area contributed by atoms with Crippen molar-refractivity contribution in [3.8, 4) is 0 Å². The van der Waals surface area contributed by atoms with Crippen molar-refractivity contribution in [1.29, 1.82) is 0 Å². The van der Waals surface area contributed by atoms with Gasteiger partial charge in [-0.25, -0.2) is 0 Å². The number of fused-ring (bicyclic) bond motifs is 1. The molecule has 0 atom stereocenters. The maximum atomic E-state index is 12.8. The van der Waals surface area contributed by atoms with Crippen molar-refractivity contribution in [1.82, 2.24) is 4.90 Å². The predicted octanol–water partition coefficient (Wildman–Crippen LogP) is 4.93. The predicted molar refractivity (Wildman–Crippen MR) is 127 cm³/mol. The molecule has 31 heavy (non-hydrogen) atoms. The molecule has 1 fully saturated rings. The zero-order chi connectivity index (χ0) is 21.6. The highest BCUT2D eigenvalue weighted by Crippen LogP contribution is 2.22. The van der Waals surface area contributed by atoms with Gasteiger partial charge in [-0.1, -0.05) is 49.7 Å². The number of hydrogen-bond acceptors (Lipinski definition) is 3. The first kappa shape index (κ1) is 20.9. The van der Waals surface area contributed by atoms with Crippen LogP contribution in [0.15, 0.2) is 66.7 Å². The number of hydrogen-bond donors (Lipinski definition) is 1. The zero-order valence-electron chi connectivity index (χ0n) is 18.0. The molecule has 1 aliphatic rings. The Morgan fingerprint density at radius 1 is 0.871 bits per heavy atom. The van der Waals surface area contributed by atoms with E-state index >= 15 is 0 Å². The summed E-state index contributed by atoms with van der Waals surface area (Å²) in [5.41, 5.74) is 2.56. The lowest BCUT2D eigenvalue weighted by Gasteiger charge is -2.36. The van der Waals surface area contributed by atoms with Crippen LogP contribution >= 0.6 is 0 Å². The second kappa shape index (κ2) is 9.65. The summed E-state index contributed by atoms with van der Waals surface area (Å²) >= 11 is 0. The van der Waals surface area contributed by atoms with Gasteiger partial charge in [-0.15, -0.1) is 0 Å². The van der Waals surface area contributed by atoms with E-state index in [1.54, 1.807) is 0 Å². The lowest BCUT2D eigenvalue weighted by molar-refractivity contribution is -0.131. The normalized spacial score (nSPS) is 14.0. The number of carbonyl (C=O) groups is 2. The molecule has 5 nitrogen and oxygen atoms in total. The quantitative estimate of drug-likeness (QED) is 0.621. The summed E-state index contributed by atoms with van der Waals surface area (Å²) in [6, 6.07) is 21.6. The number of nitrogens with one attached hydrogen (secondary N) is 1. The van der Waals surface area contributed by atoms with Crippen molar-refractivity contribution >= 4 is 34.0 Å². The lowest BCUT2D eigenvalue weighted by Crippen LogP contribution is -2.48. The van der Waals surface area contributed by atoms with Crippen molar-refractivity contribution in [3.05, 3.63) is 72.3 Å². The fourth-order valence-corrected chi connectivity index (χ4v) is 4.08. The zero-order valence-corrected chi connectivity index (χ0v) is 18.0. The Hall–Kier alpha value is -3.34. The number of piperazine rings is 1. The van der Waals surface area contributed by atoms with Gasteiger partial charge in [0.05, 0.1) is 0 Å². The molecular weight excluding hydrogens is 386 g/mol. The Morgan fingerprint density at radius 2 is 1.58 bits per heavy atom. The van der Waals surface area contributed by atoms with Crippen molar-refractivity contribution < 1.29 is 9.59 Å². The second-order valence-corrected chi connectivity index (χ2v) is 8.00. The van der Waals surface area contributed by atoms with Crippen molar-refractivity contribution in [2.24, 2.45) is 0 Å². The SMILES string of the molecule is CCCCC(=O)N1CCN(c2ccc(NC(=O)c3cccc4ccccc34)cc2)CC1. The molecule has 1 heterocycles. The van der Waals surface area contributed by atoms with Crippen molar-refractivity contribution in [2.45, 2.75) is 26.2 Å². The Balaban J connectivity index is 1.37. The molecular formula is C26H29N3O2. The van der Waals surface area contributed by atoms with E-state index in [0.717, 1.165) is 61.2 Å². The molecule has 0 aliphatic carbocycles. The molecule has 1 N–H and O–H groups in total. The van der Waals surface area contributed by atoms with E-state index in [-0.39, 0.29) is 11.8 Å². The summed E-state index contributed by atoms with van der Waals surface area (Å²) in [4.78, 5) is 29.3. The molecule has 0 bridgehead atoms. The van der Waals surface area contributed by atoms with Gasteiger partial charge in [-0.05, 0) is 47.5 Å². The third-order valence-electron chi connectivity index (χ3n) is 5.90. The van der Waals surface area contributed by atoms with Gasteiger partial charge in [-0.3, -0.25) is 9.59 Å². The van der Waals surface area contributed by atoms with Crippen molar-refractivity contribution in [2.75, 3.05) is 36.4 Å². The standard InChI is InChI=1S/C26H29N3O2/c1-2-3-11-25(30)29-18-16-28(17-19-29)22-14-12-21(13-15-22)27-26(31)24-10-6-8-20-7-4-5-9-23(20)24/h4-10,12-15H,2-3,11,16-19H2,1H3,(H,27,31). The number of benzene rings is 3. The van der Waals surface area contributed by atoms with E-state index in [0.29, 0.717) is 12.0 Å². The lowest BCUT2D eigenvalue weighted by atomic mass is 10.0. The minimum atomic E-state index is -0.108. The number of carbonyl (C=O) groups excluding carboxylic acids is 2. The molecule has 3 aromatic rings. The number of rotatable bonds is 6. The maximum Gasteiger partial charge on any atom is 0.256 e. The molecule has 3 aromatic carbocycles. The molecule has 2 amide bonds. The van der Waals surface area contributed by atoms with Gasteiger partial charge in [0.25, 0.3) is 5.91 Å². The van der Waals surface area contributed by atoms with Gasteiger partial charge in [0.2, 0.25) is 5.91 Å². The molecule has 5 heteroatoms. The molecule has 0 spiro atoms. The van der Waals surface area contributed by atoms with E-state index in [2.05, 4.69) is 17.1 Å². The molecule has 0 aromatic heterocycles. The fourth-order valence-electron chi connectivity index (χ4n) is 4.08. The Bertz CT molecular complexity index is 1050. The number of anilines is 2. The average molecular weight is 416 g/mol. The van der Waals surface area contributed by atoms with Gasteiger partial charge in [0.1, 0.15) is 0 Å². The summed E-state index contributed by atoms with van der Waals surface area (Å²) in [5.74, 6) is 0.164. The van der Waals surface area contributed by atoms with Crippen LogP contribution in [0.5, 0.6) is 0 Å². The summed E-state index contributed by atoms with van der Waals surface area (Å²) in [6.45, 7) is 5.31. The number of nitrogens with zero attached hydrogens (tertiary/aromatic N) is 2. The Kier molecular flexibility index (Phi) is 6.51. The molecule has 0 unspecified atom stereocenters. The average Bonchev–Trinajstić information content (AvgIpc) is 2.82. The first-order valence-corrected chi connectivity index (χ1v) is 11.1. The number of unbranched alkanes of at least 4 members (excludes halogenated alkanes) is 1. The molecule has 0 radical (unpaired) electrons. The molecule has 4 rings (SSSR count). The van der Waals surface area contributed by atoms with E-state index < -0.39 is 0 Å². The number of amides is 2. The van der Waals surface area contributed by atoms with E-state index in [9.17, 15) is 9.59 Å². The van der Waals surface area contributed by atoms with E-state index in [1.165, 1.54) is 0 Å². The van der Waals surface area contributed by atoms with Gasteiger partial charge in [-0.2, -0.15) is 0 Å². The van der Waals surface area contributed by atoms with Gasteiger partial charge in [0.15, 0.2) is 0 Å². The fraction of sp³-hybridized carbons (Fsp3) is 0.308. The minimum Gasteiger partial charge on any atom is -0.368 e. The Morgan fingerprint density at radius 3 is 2.32 bits per heavy atom. The first-order valence-electron chi connectivity index (χ1n) is 11.1. The third kappa shape index (κ3) is 4.88. The van der Waals surface area contributed by atoms with Crippen molar-refractivity contribution in [3.63, 3.8) is 0 Å². The highest BCUT2D eigenvalue weighted by atomic mass is 16.2. The van der Waals surface area contributed by atoms with Gasteiger partial charge in [0, 0.05) is 49.5 Å². The summed E-state index contributed by atoms with van der Waals surface area (Å²) < 4.78 is 0. The van der Waals surface area contributed by atoms with Crippen LogP contribution in [0.4, 0.5) is 11.4 Å². The highest BCUT2D eigenvalue weighted by Gasteiger charge is 2.20. The summed E-state index contributed by atoms with van der Waals surface area (Å²) in [6.07, 6.45) is 2.67. The van der Waals surface area contributed by atoms with Crippen LogP contribution in [0.2, 0.25) is 0 Å². The second-order valence-electron chi connectivity index (χ2n) is 8.00. The van der Waals surface area contributed by atoms with Crippen LogP contribution in [0.1, 0.15) is 36.5 Å². The summed E-state index contributed by atoms with van der Waals surface area (Å²) in [5, 5.41) is 5.01. The minimum absolute atomic E-state index is 0.108.